The Morgan fingerprint density at radius 3 is 2.69 bits per heavy atom. The lowest BCUT2D eigenvalue weighted by molar-refractivity contribution is 0.0639. The Bertz CT molecular complexity index is 1070. The number of carbonyl (C=O) groups excluding carboxylic acids is 2. The molecule has 1 aromatic carbocycles. The molecular formula is C20H20FN3O4S. The molecule has 9 heteroatoms. The summed E-state index contributed by atoms with van der Waals surface area (Å²) in [6, 6.07) is 6.26. The molecular weight excluding hydrogens is 397 g/mol. The van der Waals surface area contributed by atoms with Gasteiger partial charge in [-0.15, -0.1) is 0 Å². The fraction of sp³-hybridized carbons (Fsp3) is 0.350. The van der Waals surface area contributed by atoms with Crippen LogP contribution in [0.15, 0.2) is 41.4 Å². The van der Waals surface area contributed by atoms with Gasteiger partial charge in [0.2, 0.25) is 10.0 Å². The number of nitrogens with zero attached hydrogens (tertiary/aromatic N) is 3. The first kappa shape index (κ1) is 19.7. The molecule has 3 heterocycles. The van der Waals surface area contributed by atoms with Gasteiger partial charge >= 0.3 is 0 Å². The van der Waals surface area contributed by atoms with E-state index in [2.05, 4.69) is 4.98 Å². The van der Waals surface area contributed by atoms with Crippen LogP contribution in [-0.2, 0) is 16.6 Å². The van der Waals surface area contributed by atoms with Crippen LogP contribution in [-0.4, -0.2) is 47.0 Å². The second-order valence-corrected chi connectivity index (χ2v) is 9.17. The smallest absolute Gasteiger partial charge is 0.268 e. The molecule has 0 saturated carbocycles. The topological polar surface area (TPSA) is 87.7 Å². The largest absolute Gasteiger partial charge is 0.280 e. The Balaban J connectivity index is 1.72. The van der Waals surface area contributed by atoms with Crippen LogP contribution in [0.25, 0.3) is 0 Å². The third kappa shape index (κ3) is 3.34. The van der Waals surface area contributed by atoms with Crippen LogP contribution in [0.3, 0.4) is 0 Å². The Hall–Kier alpha value is -2.65. The maximum atomic E-state index is 14.0. The zero-order valence-electron chi connectivity index (χ0n) is 15.8. The molecule has 1 atom stereocenters. The second-order valence-electron chi connectivity index (χ2n) is 7.31. The Morgan fingerprint density at radius 1 is 1.17 bits per heavy atom. The van der Waals surface area contributed by atoms with Gasteiger partial charge in [-0.25, -0.2) is 12.8 Å². The molecule has 0 aliphatic carbocycles. The van der Waals surface area contributed by atoms with Gasteiger partial charge in [0, 0.05) is 18.8 Å². The molecule has 2 aliphatic heterocycles. The summed E-state index contributed by atoms with van der Waals surface area (Å²) in [6.07, 6.45) is 3.82. The van der Waals surface area contributed by atoms with Crippen LogP contribution >= 0.6 is 0 Å². The predicted octanol–water partition coefficient (Wildman–Crippen LogP) is 2.58. The highest BCUT2D eigenvalue weighted by Crippen LogP contribution is 2.30. The molecule has 4 rings (SSSR count). The standard InChI is InChI=1S/C20H20FN3O4S/c1-13-5-2-3-10-24(13)29(27,28)17-11-15(21)8-7-14(17)12-23-19(25)16-6-4-9-22-18(16)20(23)26/h4,6-9,11,13H,2-3,5,10,12H2,1H3/t13-/m1/s1. The van der Waals surface area contributed by atoms with Gasteiger partial charge in [0.25, 0.3) is 11.8 Å². The molecule has 7 nitrogen and oxygen atoms in total. The number of amides is 2. The van der Waals surface area contributed by atoms with Crippen molar-refractivity contribution in [3.05, 3.63) is 59.2 Å². The molecule has 1 fully saturated rings. The molecule has 0 spiro atoms. The number of pyridine rings is 1. The molecule has 2 aliphatic rings. The van der Waals surface area contributed by atoms with Crippen molar-refractivity contribution in [2.45, 2.75) is 43.7 Å². The van der Waals surface area contributed by atoms with E-state index in [-0.39, 0.29) is 34.3 Å². The lowest BCUT2D eigenvalue weighted by atomic mass is 10.1. The third-order valence-corrected chi connectivity index (χ3v) is 7.51. The van der Waals surface area contributed by atoms with Crippen molar-refractivity contribution in [3.8, 4) is 0 Å². The van der Waals surface area contributed by atoms with E-state index >= 15 is 0 Å². The summed E-state index contributed by atoms with van der Waals surface area (Å²) in [5, 5.41) is 0. The number of fused-ring (bicyclic) bond motifs is 1. The maximum Gasteiger partial charge on any atom is 0.280 e. The second kappa shape index (κ2) is 7.31. The minimum absolute atomic E-state index is 0.0358. The fourth-order valence-electron chi connectivity index (χ4n) is 3.88. The van der Waals surface area contributed by atoms with Crippen molar-refractivity contribution in [3.63, 3.8) is 0 Å². The zero-order valence-corrected chi connectivity index (χ0v) is 16.7. The fourth-order valence-corrected chi connectivity index (χ4v) is 5.81. The normalized spacial score (nSPS) is 20.2. The van der Waals surface area contributed by atoms with E-state index in [1.807, 2.05) is 6.92 Å². The van der Waals surface area contributed by atoms with Crippen LogP contribution in [0.5, 0.6) is 0 Å². The van der Waals surface area contributed by atoms with E-state index in [4.69, 9.17) is 0 Å². The molecule has 1 saturated heterocycles. The number of sulfonamides is 1. The predicted molar refractivity (Wildman–Crippen MR) is 102 cm³/mol. The van der Waals surface area contributed by atoms with E-state index in [0.29, 0.717) is 6.54 Å². The summed E-state index contributed by atoms with van der Waals surface area (Å²) in [5.41, 5.74) is 0.404. The minimum atomic E-state index is -3.98. The molecule has 29 heavy (non-hydrogen) atoms. The van der Waals surface area contributed by atoms with Gasteiger partial charge in [-0.3, -0.25) is 19.5 Å². The SMILES string of the molecule is C[C@@H]1CCCCN1S(=O)(=O)c1cc(F)ccc1CN1C(=O)c2cccnc2C1=O. The summed E-state index contributed by atoms with van der Waals surface area (Å²) in [4.78, 5) is 29.9. The number of benzene rings is 1. The molecule has 1 aromatic heterocycles. The van der Waals surface area contributed by atoms with Crippen molar-refractivity contribution in [2.24, 2.45) is 0 Å². The number of hydrogen-bond donors (Lipinski definition) is 0. The molecule has 0 radical (unpaired) electrons. The minimum Gasteiger partial charge on any atom is -0.268 e. The number of aromatic nitrogens is 1. The van der Waals surface area contributed by atoms with E-state index < -0.39 is 27.7 Å². The van der Waals surface area contributed by atoms with Crippen LogP contribution in [0.4, 0.5) is 4.39 Å². The summed E-state index contributed by atoms with van der Waals surface area (Å²) < 4.78 is 41.9. The van der Waals surface area contributed by atoms with Crippen LogP contribution in [0.2, 0.25) is 0 Å². The lowest BCUT2D eigenvalue weighted by Crippen LogP contribution is -2.42. The number of carbonyl (C=O) groups is 2. The maximum absolute atomic E-state index is 14.0. The van der Waals surface area contributed by atoms with Crippen molar-refractivity contribution < 1.29 is 22.4 Å². The lowest BCUT2D eigenvalue weighted by Gasteiger charge is -2.33. The highest BCUT2D eigenvalue weighted by Gasteiger charge is 2.38. The van der Waals surface area contributed by atoms with Crippen LogP contribution < -0.4 is 0 Å². The number of rotatable bonds is 4. The Labute approximate surface area is 168 Å². The van der Waals surface area contributed by atoms with Gasteiger partial charge in [-0.2, -0.15) is 4.31 Å². The molecule has 2 aromatic rings. The Morgan fingerprint density at radius 2 is 1.97 bits per heavy atom. The summed E-state index contributed by atoms with van der Waals surface area (Å²) in [5.74, 6) is -1.83. The van der Waals surface area contributed by atoms with Gasteiger partial charge in [0.15, 0.2) is 0 Å². The van der Waals surface area contributed by atoms with Crippen molar-refractivity contribution in [2.75, 3.05) is 6.54 Å². The van der Waals surface area contributed by atoms with Gasteiger partial charge in [0.05, 0.1) is 17.0 Å². The van der Waals surface area contributed by atoms with E-state index in [1.54, 1.807) is 6.07 Å². The van der Waals surface area contributed by atoms with E-state index in [9.17, 15) is 22.4 Å². The third-order valence-electron chi connectivity index (χ3n) is 5.42. The summed E-state index contributed by atoms with van der Waals surface area (Å²) >= 11 is 0. The molecule has 0 bridgehead atoms. The van der Waals surface area contributed by atoms with Gasteiger partial charge in [0.1, 0.15) is 11.5 Å². The highest BCUT2D eigenvalue weighted by molar-refractivity contribution is 7.89. The number of imide groups is 1. The van der Waals surface area contributed by atoms with Gasteiger partial charge < -0.3 is 0 Å². The molecule has 152 valence electrons. The monoisotopic (exact) mass is 417 g/mol. The highest BCUT2D eigenvalue weighted by atomic mass is 32.2. The zero-order chi connectivity index (χ0) is 20.8. The number of hydrogen-bond acceptors (Lipinski definition) is 5. The molecule has 0 N–H and O–H groups in total. The average Bonchev–Trinajstić information content (AvgIpc) is 2.94. The van der Waals surface area contributed by atoms with Crippen LogP contribution in [0.1, 0.15) is 52.6 Å². The molecule has 0 unspecified atom stereocenters. The number of piperidine rings is 1. The van der Waals surface area contributed by atoms with Crippen molar-refractivity contribution in [1.29, 1.82) is 0 Å². The van der Waals surface area contributed by atoms with Gasteiger partial charge in [-0.05, 0) is 49.6 Å². The van der Waals surface area contributed by atoms with Crippen molar-refractivity contribution in [1.82, 2.24) is 14.2 Å². The first-order valence-corrected chi connectivity index (χ1v) is 10.9. The molecule has 2 amide bonds. The summed E-state index contributed by atoms with van der Waals surface area (Å²) in [7, 11) is -3.98. The van der Waals surface area contributed by atoms with Crippen LogP contribution in [0, 0.1) is 5.82 Å². The van der Waals surface area contributed by atoms with Crippen molar-refractivity contribution >= 4 is 21.8 Å². The Kier molecular flexibility index (Phi) is 4.95. The quantitative estimate of drug-likeness (QED) is 0.714. The summed E-state index contributed by atoms with van der Waals surface area (Å²) in [6.45, 7) is 1.91. The van der Waals surface area contributed by atoms with E-state index in [0.717, 1.165) is 36.3 Å². The number of halogens is 1. The average molecular weight is 417 g/mol. The first-order valence-electron chi connectivity index (χ1n) is 9.42. The van der Waals surface area contributed by atoms with E-state index in [1.165, 1.54) is 22.6 Å². The van der Waals surface area contributed by atoms with Gasteiger partial charge in [-0.1, -0.05) is 12.5 Å². The first-order chi connectivity index (χ1) is 13.8.